The molecule has 2 N–H and O–H groups in total. The molecule has 2 rings (SSSR count). The highest BCUT2D eigenvalue weighted by molar-refractivity contribution is 9.10. The van der Waals surface area contributed by atoms with Crippen LogP contribution in [-0.4, -0.2) is 31.1 Å². The zero-order valence-corrected chi connectivity index (χ0v) is 13.5. The van der Waals surface area contributed by atoms with E-state index in [-0.39, 0.29) is 6.04 Å². The molecule has 1 aliphatic rings. The predicted octanol–water partition coefficient (Wildman–Crippen LogP) is 3.19. The molecule has 1 aromatic carbocycles. The van der Waals surface area contributed by atoms with Gasteiger partial charge in [0.2, 0.25) is 0 Å². The van der Waals surface area contributed by atoms with Crippen molar-refractivity contribution in [3.8, 4) is 5.75 Å². The molecule has 3 unspecified atom stereocenters. The van der Waals surface area contributed by atoms with Crippen LogP contribution in [0.4, 0.5) is 0 Å². The Kier molecular flexibility index (Phi) is 4.87. The van der Waals surface area contributed by atoms with Gasteiger partial charge in [-0.2, -0.15) is 0 Å². The van der Waals surface area contributed by atoms with E-state index in [4.69, 9.17) is 10.5 Å². The molecule has 19 heavy (non-hydrogen) atoms. The van der Waals surface area contributed by atoms with E-state index in [0.29, 0.717) is 12.6 Å². The Morgan fingerprint density at radius 3 is 2.74 bits per heavy atom. The summed E-state index contributed by atoms with van der Waals surface area (Å²) < 4.78 is 6.44. The summed E-state index contributed by atoms with van der Waals surface area (Å²) in [6.45, 7) is 6.35. The van der Waals surface area contributed by atoms with Crippen LogP contribution in [0.2, 0.25) is 0 Å². The zero-order chi connectivity index (χ0) is 14.0. The first-order valence-electron chi connectivity index (χ1n) is 6.86. The van der Waals surface area contributed by atoms with Gasteiger partial charge in [-0.25, -0.2) is 0 Å². The van der Waals surface area contributed by atoms with Crippen LogP contribution in [0.5, 0.6) is 5.75 Å². The molecule has 0 aliphatic carbocycles. The van der Waals surface area contributed by atoms with Gasteiger partial charge in [0.05, 0.1) is 7.11 Å². The molecule has 1 heterocycles. The van der Waals surface area contributed by atoms with Crippen LogP contribution in [-0.2, 0) is 0 Å². The number of hydrogen-bond donors (Lipinski definition) is 1. The lowest BCUT2D eigenvalue weighted by atomic mass is 10.0. The molecular formula is C15H23BrN2O. The number of likely N-dealkylation sites (tertiary alicyclic amines) is 1. The Bertz CT molecular complexity index is 438. The van der Waals surface area contributed by atoms with Crippen LogP contribution >= 0.6 is 15.9 Å². The monoisotopic (exact) mass is 326 g/mol. The molecule has 0 saturated carbocycles. The average molecular weight is 327 g/mol. The summed E-state index contributed by atoms with van der Waals surface area (Å²) in [6.07, 6.45) is 1.25. The zero-order valence-electron chi connectivity index (χ0n) is 11.9. The number of ether oxygens (including phenoxy) is 1. The molecular weight excluding hydrogens is 304 g/mol. The molecule has 0 amide bonds. The summed E-state index contributed by atoms with van der Waals surface area (Å²) in [7, 11) is 1.70. The van der Waals surface area contributed by atoms with Crippen molar-refractivity contribution < 1.29 is 4.74 Å². The number of nitrogens with two attached hydrogens (primary N) is 1. The van der Waals surface area contributed by atoms with Gasteiger partial charge in [0.15, 0.2) is 0 Å². The number of benzene rings is 1. The van der Waals surface area contributed by atoms with Gasteiger partial charge in [0, 0.05) is 29.6 Å². The predicted molar refractivity (Wildman–Crippen MR) is 82.4 cm³/mol. The number of methoxy groups -OCH3 is 1. The molecule has 1 aromatic rings. The van der Waals surface area contributed by atoms with Crippen molar-refractivity contribution in [2.24, 2.45) is 11.7 Å². The SMILES string of the molecule is COc1ccc(Br)c(C(CN)N2CC(C)CC2C)c1. The van der Waals surface area contributed by atoms with Gasteiger partial charge in [0.25, 0.3) is 0 Å². The van der Waals surface area contributed by atoms with Gasteiger partial charge < -0.3 is 10.5 Å². The minimum Gasteiger partial charge on any atom is -0.497 e. The molecule has 0 spiro atoms. The minimum atomic E-state index is 0.254. The maximum atomic E-state index is 6.05. The van der Waals surface area contributed by atoms with Crippen LogP contribution in [0.3, 0.4) is 0 Å². The number of rotatable bonds is 4. The molecule has 4 heteroatoms. The van der Waals surface area contributed by atoms with Gasteiger partial charge >= 0.3 is 0 Å². The van der Waals surface area contributed by atoms with Crippen molar-refractivity contribution in [3.05, 3.63) is 28.2 Å². The summed E-state index contributed by atoms with van der Waals surface area (Å²) in [6, 6.07) is 6.95. The van der Waals surface area contributed by atoms with Gasteiger partial charge in [0.1, 0.15) is 5.75 Å². The van der Waals surface area contributed by atoms with E-state index >= 15 is 0 Å². The second-order valence-electron chi connectivity index (χ2n) is 5.53. The first-order chi connectivity index (χ1) is 9.06. The van der Waals surface area contributed by atoms with Gasteiger partial charge in [-0.15, -0.1) is 0 Å². The fourth-order valence-corrected chi connectivity index (χ4v) is 3.62. The van der Waals surface area contributed by atoms with E-state index in [9.17, 15) is 0 Å². The van der Waals surface area contributed by atoms with E-state index in [0.717, 1.165) is 22.7 Å². The van der Waals surface area contributed by atoms with Gasteiger partial charge in [-0.3, -0.25) is 4.90 Å². The van der Waals surface area contributed by atoms with Crippen LogP contribution in [0.15, 0.2) is 22.7 Å². The Balaban J connectivity index is 2.31. The first-order valence-corrected chi connectivity index (χ1v) is 7.65. The van der Waals surface area contributed by atoms with E-state index in [1.807, 2.05) is 12.1 Å². The summed E-state index contributed by atoms with van der Waals surface area (Å²) in [5, 5.41) is 0. The van der Waals surface area contributed by atoms with E-state index in [2.05, 4.69) is 40.7 Å². The molecule has 3 nitrogen and oxygen atoms in total. The fraction of sp³-hybridized carbons (Fsp3) is 0.600. The quantitative estimate of drug-likeness (QED) is 0.923. The molecule has 0 bridgehead atoms. The largest absolute Gasteiger partial charge is 0.497 e. The smallest absolute Gasteiger partial charge is 0.119 e. The van der Waals surface area contributed by atoms with Crippen LogP contribution < -0.4 is 10.5 Å². The average Bonchev–Trinajstić information content (AvgIpc) is 2.72. The van der Waals surface area contributed by atoms with Crippen LogP contribution in [0.25, 0.3) is 0 Å². The highest BCUT2D eigenvalue weighted by atomic mass is 79.9. The maximum absolute atomic E-state index is 6.05. The molecule has 1 saturated heterocycles. The number of hydrogen-bond acceptors (Lipinski definition) is 3. The topological polar surface area (TPSA) is 38.5 Å². The van der Waals surface area contributed by atoms with Crippen molar-refractivity contribution in [3.63, 3.8) is 0 Å². The molecule has 0 aromatic heterocycles. The van der Waals surface area contributed by atoms with Crippen molar-refractivity contribution in [1.82, 2.24) is 4.90 Å². The molecule has 3 atom stereocenters. The second kappa shape index (κ2) is 6.25. The summed E-state index contributed by atoms with van der Waals surface area (Å²) in [5.74, 6) is 1.63. The van der Waals surface area contributed by atoms with Crippen molar-refractivity contribution in [2.45, 2.75) is 32.4 Å². The van der Waals surface area contributed by atoms with E-state index in [1.54, 1.807) is 7.11 Å². The van der Waals surface area contributed by atoms with Crippen molar-refractivity contribution >= 4 is 15.9 Å². The second-order valence-corrected chi connectivity index (χ2v) is 6.38. The third-order valence-electron chi connectivity index (χ3n) is 4.02. The highest BCUT2D eigenvalue weighted by Crippen LogP contribution is 2.36. The van der Waals surface area contributed by atoms with Crippen LogP contribution in [0.1, 0.15) is 31.9 Å². The molecule has 1 aliphatic heterocycles. The fourth-order valence-electron chi connectivity index (χ4n) is 3.11. The van der Waals surface area contributed by atoms with Gasteiger partial charge in [-0.1, -0.05) is 22.9 Å². The minimum absolute atomic E-state index is 0.254. The molecule has 1 fully saturated rings. The lowest BCUT2D eigenvalue weighted by molar-refractivity contribution is 0.191. The highest BCUT2D eigenvalue weighted by Gasteiger charge is 2.32. The normalized spacial score (nSPS) is 25.5. The van der Waals surface area contributed by atoms with Crippen molar-refractivity contribution in [2.75, 3.05) is 20.2 Å². The van der Waals surface area contributed by atoms with E-state index in [1.165, 1.54) is 12.0 Å². The lowest BCUT2D eigenvalue weighted by Crippen LogP contribution is -2.36. The molecule has 106 valence electrons. The lowest BCUT2D eigenvalue weighted by Gasteiger charge is -2.31. The Hall–Kier alpha value is -0.580. The number of halogens is 1. The standard InChI is InChI=1S/C15H23BrN2O/c1-10-6-11(2)18(9-10)15(8-17)13-7-12(19-3)4-5-14(13)16/h4-5,7,10-11,15H,6,8-9,17H2,1-3H3. The first kappa shape index (κ1) is 14.8. The summed E-state index contributed by atoms with van der Waals surface area (Å²) in [4.78, 5) is 2.52. The maximum Gasteiger partial charge on any atom is 0.119 e. The Morgan fingerprint density at radius 1 is 1.47 bits per heavy atom. The van der Waals surface area contributed by atoms with Gasteiger partial charge in [-0.05, 0) is 43.0 Å². The van der Waals surface area contributed by atoms with Crippen molar-refractivity contribution in [1.29, 1.82) is 0 Å². The summed E-state index contributed by atoms with van der Waals surface area (Å²) in [5.41, 5.74) is 7.27. The third-order valence-corrected chi connectivity index (χ3v) is 4.74. The van der Waals surface area contributed by atoms with Crippen LogP contribution in [0, 0.1) is 5.92 Å². The summed E-state index contributed by atoms with van der Waals surface area (Å²) >= 11 is 3.65. The third kappa shape index (κ3) is 3.12. The molecule has 0 radical (unpaired) electrons. The van der Waals surface area contributed by atoms with E-state index < -0.39 is 0 Å². The Labute approximate surface area is 124 Å². The Morgan fingerprint density at radius 2 is 2.21 bits per heavy atom. The number of nitrogens with zero attached hydrogens (tertiary/aromatic N) is 1.